The molecule has 1 amide bonds. The third-order valence-electron chi connectivity index (χ3n) is 5.98. The van der Waals surface area contributed by atoms with Crippen molar-refractivity contribution in [3.8, 4) is 22.8 Å². The van der Waals surface area contributed by atoms with Crippen molar-refractivity contribution in [3.63, 3.8) is 0 Å². The summed E-state index contributed by atoms with van der Waals surface area (Å²) < 4.78 is 43.2. The highest BCUT2D eigenvalue weighted by Gasteiger charge is 2.31. The van der Waals surface area contributed by atoms with Crippen molar-refractivity contribution < 1.29 is 27.6 Å². The van der Waals surface area contributed by atoms with E-state index in [1.165, 1.54) is 35.1 Å². The highest BCUT2D eigenvalue weighted by atomic mass is 32.1. The summed E-state index contributed by atoms with van der Waals surface area (Å²) in [6.07, 6.45) is -3.42. The van der Waals surface area contributed by atoms with E-state index in [1.807, 2.05) is 24.3 Å². The van der Waals surface area contributed by atoms with E-state index in [1.54, 1.807) is 0 Å². The second-order valence-electron chi connectivity index (χ2n) is 9.91. The number of thiophene rings is 1. The number of benzene rings is 2. The highest BCUT2D eigenvalue weighted by Crippen LogP contribution is 2.31. The molecule has 0 bridgehead atoms. The third kappa shape index (κ3) is 6.01. The zero-order valence-corrected chi connectivity index (χ0v) is 22.6. The maximum absolute atomic E-state index is 13.0. The number of carbonyl (C=O) groups excluding carboxylic acids is 1. The highest BCUT2D eigenvalue weighted by molar-refractivity contribution is 7.17. The first-order valence-corrected chi connectivity index (χ1v) is 12.9. The van der Waals surface area contributed by atoms with Gasteiger partial charge in [-0.05, 0) is 41.3 Å². The minimum absolute atomic E-state index is 0.0909. The number of halogens is 3. The number of hydrogen-bond donors (Lipinski definition) is 1. The summed E-state index contributed by atoms with van der Waals surface area (Å²) in [4.78, 5) is 32.8. The fraction of sp³-hybridized carbons (Fsp3) is 0.185. The molecule has 0 aliphatic heterocycles. The molecule has 2 aromatic carbocycles. The Labute approximate surface area is 234 Å². The van der Waals surface area contributed by atoms with E-state index in [0.29, 0.717) is 16.6 Å². The van der Waals surface area contributed by atoms with Crippen molar-refractivity contribution in [2.24, 2.45) is 0 Å². The van der Waals surface area contributed by atoms with Crippen molar-refractivity contribution >= 4 is 39.1 Å². The SMILES string of the molecule is CC(C)(C)c1ccc(-c2nc(NC(=O)c3ccc([N+](=O)[O-])s3)c3cnn(-c4ccc(OC(F)(F)F)cc4)c3n2)cc1. The number of rotatable bonds is 6. The number of amides is 1. The Morgan fingerprint density at radius 3 is 2.27 bits per heavy atom. The van der Waals surface area contributed by atoms with Crippen LogP contribution in [-0.4, -0.2) is 36.9 Å². The van der Waals surface area contributed by atoms with Crippen molar-refractivity contribution in [1.29, 1.82) is 0 Å². The number of anilines is 1. The van der Waals surface area contributed by atoms with Crippen LogP contribution in [-0.2, 0) is 5.41 Å². The Bertz CT molecular complexity index is 1760. The molecule has 0 saturated carbocycles. The molecule has 0 unspecified atom stereocenters. The first-order chi connectivity index (χ1) is 19.3. The Morgan fingerprint density at radius 2 is 1.68 bits per heavy atom. The first kappa shape index (κ1) is 27.7. The van der Waals surface area contributed by atoms with E-state index in [0.717, 1.165) is 29.0 Å². The molecular weight excluding hydrogens is 561 g/mol. The summed E-state index contributed by atoms with van der Waals surface area (Å²) in [5.74, 6) is -0.651. The van der Waals surface area contributed by atoms with Gasteiger partial charge in [-0.1, -0.05) is 56.4 Å². The third-order valence-corrected chi connectivity index (χ3v) is 7.02. The van der Waals surface area contributed by atoms with E-state index < -0.39 is 22.9 Å². The van der Waals surface area contributed by atoms with Crippen LogP contribution >= 0.6 is 11.3 Å². The molecule has 10 nitrogen and oxygen atoms in total. The molecule has 0 radical (unpaired) electrons. The number of fused-ring (bicyclic) bond motifs is 1. The molecule has 0 atom stereocenters. The average Bonchev–Trinajstić information content (AvgIpc) is 3.56. The van der Waals surface area contributed by atoms with Crippen LogP contribution in [0.2, 0.25) is 0 Å². The number of carbonyl (C=O) groups is 1. The molecule has 5 rings (SSSR count). The Balaban J connectivity index is 1.59. The fourth-order valence-corrected chi connectivity index (χ4v) is 4.66. The lowest BCUT2D eigenvalue weighted by Crippen LogP contribution is -2.17. The molecule has 41 heavy (non-hydrogen) atoms. The van der Waals surface area contributed by atoms with Crippen molar-refractivity contribution in [3.05, 3.63) is 87.4 Å². The van der Waals surface area contributed by atoms with Crippen LogP contribution in [0.15, 0.2) is 66.9 Å². The van der Waals surface area contributed by atoms with Gasteiger partial charge in [0, 0.05) is 11.6 Å². The van der Waals surface area contributed by atoms with Crippen LogP contribution in [0.25, 0.3) is 28.1 Å². The Hall–Kier alpha value is -4.85. The molecular formula is C27H21F3N6O4S. The van der Waals surface area contributed by atoms with Gasteiger partial charge in [0.1, 0.15) is 11.6 Å². The Kier molecular flexibility index (Phi) is 6.95. The number of ether oxygens (including phenoxy) is 1. The van der Waals surface area contributed by atoms with Crippen molar-refractivity contribution in [2.75, 3.05) is 5.32 Å². The summed E-state index contributed by atoms with van der Waals surface area (Å²) in [6, 6.07) is 15.2. The number of nitro groups is 1. The maximum Gasteiger partial charge on any atom is 0.573 e. The van der Waals surface area contributed by atoms with E-state index >= 15 is 0 Å². The second kappa shape index (κ2) is 10.3. The minimum Gasteiger partial charge on any atom is -0.406 e. The molecule has 0 saturated heterocycles. The summed E-state index contributed by atoms with van der Waals surface area (Å²) in [7, 11) is 0. The van der Waals surface area contributed by atoms with Gasteiger partial charge in [-0.3, -0.25) is 14.9 Å². The lowest BCUT2D eigenvalue weighted by atomic mass is 9.87. The largest absolute Gasteiger partial charge is 0.573 e. The molecule has 3 aromatic heterocycles. The van der Waals surface area contributed by atoms with E-state index in [9.17, 15) is 28.1 Å². The molecule has 0 aliphatic carbocycles. The predicted molar refractivity (Wildman–Crippen MR) is 146 cm³/mol. The summed E-state index contributed by atoms with van der Waals surface area (Å²) in [6.45, 7) is 6.24. The monoisotopic (exact) mass is 582 g/mol. The minimum atomic E-state index is -4.83. The van der Waals surface area contributed by atoms with Gasteiger partial charge in [0.2, 0.25) is 0 Å². The van der Waals surface area contributed by atoms with Crippen LogP contribution in [0.5, 0.6) is 5.75 Å². The summed E-state index contributed by atoms with van der Waals surface area (Å²) >= 11 is 0.718. The smallest absolute Gasteiger partial charge is 0.406 e. The zero-order valence-electron chi connectivity index (χ0n) is 21.8. The lowest BCUT2D eigenvalue weighted by Gasteiger charge is -2.19. The van der Waals surface area contributed by atoms with E-state index in [2.05, 4.69) is 45.9 Å². The van der Waals surface area contributed by atoms with E-state index in [4.69, 9.17) is 0 Å². The van der Waals surface area contributed by atoms with Gasteiger partial charge in [-0.2, -0.15) is 5.10 Å². The molecule has 1 N–H and O–H groups in total. The van der Waals surface area contributed by atoms with Crippen molar-refractivity contribution in [2.45, 2.75) is 32.5 Å². The van der Waals surface area contributed by atoms with Gasteiger partial charge in [0.15, 0.2) is 11.5 Å². The van der Waals surface area contributed by atoms with Gasteiger partial charge in [0.05, 0.1) is 27.1 Å². The molecule has 0 aliphatic rings. The number of hydrogen-bond acceptors (Lipinski definition) is 8. The topological polar surface area (TPSA) is 125 Å². The summed E-state index contributed by atoms with van der Waals surface area (Å²) in [5, 5.41) is 18.3. The van der Waals surface area contributed by atoms with Crippen LogP contribution in [0, 0.1) is 10.1 Å². The van der Waals surface area contributed by atoms with Crippen LogP contribution in [0.1, 0.15) is 36.0 Å². The van der Waals surface area contributed by atoms with Crippen LogP contribution in [0.3, 0.4) is 0 Å². The van der Waals surface area contributed by atoms with Gasteiger partial charge in [-0.25, -0.2) is 14.6 Å². The maximum atomic E-state index is 13.0. The molecule has 3 heterocycles. The summed E-state index contributed by atoms with van der Waals surface area (Å²) in [5.41, 5.74) is 2.29. The normalized spacial score (nSPS) is 12.0. The molecule has 210 valence electrons. The van der Waals surface area contributed by atoms with E-state index in [-0.39, 0.29) is 32.6 Å². The Morgan fingerprint density at radius 1 is 1.00 bits per heavy atom. The molecule has 5 aromatic rings. The lowest BCUT2D eigenvalue weighted by molar-refractivity contribution is -0.380. The van der Waals surface area contributed by atoms with Gasteiger partial charge in [0.25, 0.3) is 5.91 Å². The predicted octanol–water partition coefficient (Wildman–Crippen LogP) is 6.90. The van der Waals surface area contributed by atoms with Crippen molar-refractivity contribution in [1.82, 2.24) is 19.7 Å². The zero-order chi connectivity index (χ0) is 29.5. The van der Waals surface area contributed by atoms with Gasteiger partial charge >= 0.3 is 11.4 Å². The number of nitrogens with zero attached hydrogens (tertiary/aromatic N) is 5. The number of aromatic nitrogens is 4. The standard InChI is InChI=1S/C27H21F3N6O4S/c1-26(2,3)16-6-4-15(5-7-16)22-32-23(34-25(37)20-12-13-21(41-20)36(38)39)19-14-31-35(24(19)33-22)17-8-10-18(11-9-17)40-27(28,29)30/h4-14H,1-3H3,(H,32,33,34,37). The van der Waals surface area contributed by atoms with Crippen LogP contribution in [0.4, 0.5) is 24.0 Å². The quantitative estimate of drug-likeness (QED) is 0.171. The van der Waals surface area contributed by atoms with Gasteiger partial charge in [-0.15, -0.1) is 13.2 Å². The molecule has 14 heteroatoms. The first-order valence-electron chi connectivity index (χ1n) is 12.1. The fourth-order valence-electron chi connectivity index (χ4n) is 3.95. The number of alkyl halides is 3. The molecule has 0 fully saturated rings. The van der Waals surface area contributed by atoms with Gasteiger partial charge < -0.3 is 10.1 Å². The number of nitrogens with one attached hydrogen (secondary N) is 1. The molecule has 0 spiro atoms. The van der Waals surface area contributed by atoms with Crippen LogP contribution < -0.4 is 10.1 Å². The second-order valence-corrected chi connectivity index (χ2v) is 11.0. The average molecular weight is 583 g/mol.